The first kappa shape index (κ1) is 15.4. The molecule has 0 bridgehead atoms. The summed E-state index contributed by atoms with van der Waals surface area (Å²) in [5.41, 5.74) is 2.36. The third-order valence-electron chi connectivity index (χ3n) is 3.05. The monoisotopic (exact) mass is 353 g/mol. The summed E-state index contributed by atoms with van der Waals surface area (Å²) >= 11 is 9.61. The van der Waals surface area contributed by atoms with E-state index in [-0.39, 0.29) is 0 Å². The highest BCUT2D eigenvalue weighted by molar-refractivity contribution is 9.10. The lowest BCUT2D eigenvalue weighted by molar-refractivity contribution is 0.414. The van der Waals surface area contributed by atoms with Gasteiger partial charge in [0.1, 0.15) is 5.75 Å². The molecule has 1 N–H and O–H groups in total. The summed E-state index contributed by atoms with van der Waals surface area (Å²) in [7, 11) is 1.69. The van der Waals surface area contributed by atoms with Crippen molar-refractivity contribution in [1.29, 1.82) is 0 Å². The van der Waals surface area contributed by atoms with Gasteiger partial charge in [-0.05, 0) is 54.4 Å². The second kappa shape index (κ2) is 7.67. The number of hydrogen-bond acceptors (Lipinski definition) is 2. The molecular formula is C16H17BrClNO. The van der Waals surface area contributed by atoms with Crippen molar-refractivity contribution in [2.45, 2.75) is 13.0 Å². The summed E-state index contributed by atoms with van der Waals surface area (Å²) in [5, 5.41) is 4.20. The van der Waals surface area contributed by atoms with Crippen LogP contribution in [-0.4, -0.2) is 13.7 Å². The van der Waals surface area contributed by atoms with Crippen LogP contribution in [0.4, 0.5) is 0 Å². The van der Waals surface area contributed by atoms with Crippen molar-refractivity contribution in [3.8, 4) is 5.75 Å². The molecule has 0 saturated heterocycles. The fourth-order valence-electron chi connectivity index (χ4n) is 1.96. The fraction of sp³-hybridized carbons (Fsp3) is 0.250. The van der Waals surface area contributed by atoms with Gasteiger partial charge in [-0.2, -0.15) is 0 Å². The van der Waals surface area contributed by atoms with Crippen LogP contribution in [0.1, 0.15) is 11.1 Å². The Hall–Kier alpha value is -1.03. The predicted molar refractivity (Wildman–Crippen MR) is 87.6 cm³/mol. The molecule has 2 rings (SSSR count). The average molecular weight is 355 g/mol. The summed E-state index contributed by atoms with van der Waals surface area (Å²) < 4.78 is 6.26. The molecule has 20 heavy (non-hydrogen) atoms. The van der Waals surface area contributed by atoms with Gasteiger partial charge in [0.15, 0.2) is 0 Å². The normalized spacial score (nSPS) is 10.6. The number of hydrogen-bond donors (Lipinski definition) is 1. The van der Waals surface area contributed by atoms with Crippen LogP contribution >= 0.6 is 27.5 Å². The first-order valence-electron chi connectivity index (χ1n) is 6.46. The van der Waals surface area contributed by atoms with E-state index in [1.54, 1.807) is 7.11 Å². The predicted octanol–water partition coefficient (Wildman–Crippen LogP) is 4.44. The molecule has 2 nitrogen and oxygen atoms in total. The molecule has 106 valence electrons. The van der Waals surface area contributed by atoms with Crippen molar-refractivity contribution >= 4 is 27.5 Å². The number of nitrogens with one attached hydrogen (secondary N) is 1. The Morgan fingerprint density at radius 1 is 1.20 bits per heavy atom. The lowest BCUT2D eigenvalue weighted by Gasteiger charge is -2.08. The van der Waals surface area contributed by atoms with Crippen LogP contribution < -0.4 is 10.1 Å². The lowest BCUT2D eigenvalue weighted by Crippen LogP contribution is -2.16. The highest BCUT2D eigenvalue weighted by atomic mass is 79.9. The number of benzene rings is 2. The van der Waals surface area contributed by atoms with E-state index in [1.165, 1.54) is 5.56 Å². The van der Waals surface area contributed by atoms with E-state index in [9.17, 15) is 0 Å². The van der Waals surface area contributed by atoms with Gasteiger partial charge >= 0.3 is 0 Å². The zero-order valence-corrected chi connectivity index (χ0v) is 13.7. The largest absolute Gasteiger partial charge is 0.497 e. The summed E-state index contributed by atoms with van der Waals surface area (Å²) in [5.74, 6) is 0.900. The van der Waals surface area contributed by atoms with Gasteiger partial charge in [-0.1, -0.05) is 39.7 Å². The van der Waals surface area contributed by atoms with Crippen LogP contribution in [0.25, 0.3) is 0 Å². The zero-order valence-electron chi connectivity index (χ0n) is 11.3. The van der Waals surface area contributed by atoms with Crippen molar-refractivity contribution in [2.75, 3.05) is 13.7 Å². The molecule has 0 aliphatic rings. The minimum atomic E-state index is 0.766. The second-order valence-corrected chi connectivity index (χ2v) is 5.84. The Bertz CT molecular complexity index is 574. The molecule has 0 saturated carbocycles. The molecule has 0 amide bonds. The number of ether oxygens (including phenoxy) is 1. The third kappa shape index (κ3) is 4.51. The Morgan fingerprint density at radius 3 is 2.85 bits per heavy atom. The standard InChI is InChI=1S/C16H17BrClNO/c1-20-15-4-2-3-12(9-15)7-8-19-11-13-10-14(17)5-6-16(13)18/h2-6,9-10,19H,7-8,11H2,1H3. The van der Waals surface area contributed by atoms with Crippen molar-refractivity contribution < 1.29 is 4.74 Å². The van der Waals surface area contributed by atoms with E-state index in [1.807, 2.05) is 30.3 Å². The summed E-state index contributed by atoms with van der Waals surface area (Å²) in [6.07, 6.45) is 0.961. The molecule has 0 heterocycles. The van der Waals surface area contributed by atoms with Gasteiger partial charge < -0.3 is 10.1 Å². The van der Waals surface area contributed by atoms with Crippen LogP contribution in [0.2, 0.25) is 5.02 Å². The van der Waals surface area contributed by atoms with Crippen LogP contribution in [-0.2, 0) is 13.0 Å². The molecule has 0 radical (unpaired) electrons. The fourth-order valence-corrected chi connectivity index (χ4v) is 2.56. The van der Waals surface area contributed by atoms with Gasteiger partial charge in [0, 0.05) is 16.0 Å². The summed E-state index contributed by atoms with van der Waals surface area (Å²) in [6.45, 7) is 1.66. The van der Waals surface area contributed by atoms with Gasteiger partial charge in [-0.25, -0.2) is 0 Å². The lowest BCUT2D eigenvalue weighted by atomic mass is 10.1. The zero-order chi connectivity index (χ0) is 14.4. The summed E-state index contributed by atoms with van der Waals surface area (Å²) in [6, 6.07) is 14.0. The summed E-state index contributed by atoms with van der Waals surface area (Å²) in [4.78, 5) is 0. The Kier molecular flexibility index (Phi) is 5.89. The van der Waals surface area contributed by atoms with Crippen molar-refractivity contribution in [2.24, 2.45) is 0 Å². The maximum atomic E-state index is 6.15. The molecule has 0 fully saturated rings. The molecule has 0 unspecified atom stereocenters. The quantitative estimate of drug-likeness (QED) is 0.774. The third-order valence-corrected chi connectivity index (χ3v) is 3.91. The van der Waals surface area contributed by atoms with Gasteiger partial charge in [-0.3, -0.25) is 0 Å². The van der Waals surface area contributed by atoms with E-state index in [0.717, 1.165) is 40.3 Å². The van der Waals surface area contributed by atoms with Crippen LogP contribution in [0.5, 0.6) is 5.75 Å². The molecular weight excluding hydrogens is 338 g/mol. The van der Waals surface area contributed by atoms with Crippen LogP contribution in [0.3, 0.4) is 0 Å². The van der Waals surface area contributed by atoms with Crippen molar-refractivity contribution in [3.05, 3.63) is 63.1 Å². The highest BCUT2D eigenvalue weighted by Crippen LogP contribution is 2.20. The van der Waals surface area contributed by atoms with E-state index in [2.05, 4.69) is 33.4 Å². The molecule has 0 aliphatic carbocycles. The topological polar surface area (TPSA) is 21.3 Å². The number of methoxy groups -OCH3 is 1. The Morgan fingerprint density at radius 2 is 2.05 bits per heavy atom. The number of rotatable bonds is 6. The van der Waals surface area contributed by atoms with Gasteiger partial charge in [0.25, 0.3) is 0 Å². The maximum Gasteiger partial charge on any atom is 0.119 e. The molecule has 0 atom stereocenters. The van der Waals surface area contributed by atoms with E-state index in [0.29, 0.717) is 0 Å². The van der Waals surface area contributed by atoms with Gasteiger partial charge in [0.05, 0.1) is 7.11 Å². The van der Waals surface area contributed by atoms with Gasteiger partial charge in [0.2, 0.25) is 0 Å². The average Bonchev–Trinajstić information content (AvgIpc) is 2.47. The van der Waals surface area contributed by atoms with Crippen LogP contribution in [0, 0.1) is 0 Å². The molecule has 2 aromatic carbocycles. The minimum Gasteiger partial charge on any atom is -0.497 e. The van der Waals surface area contributed by atoms with Crippen LogP contribution in [0.15, 0.2) is 46.9 Å². The SMILES string of the molecule is COc1cccc(CCNCc2cc(Br)ccc2Cl)c1. The second-order valence-electron chi connectivity index (χ2n) is 4.51. The number of halogens is 2. The molecule has 0 aliphatic heterocycles. The Balaban J connectivity index is 1.82. The first-order chi connectivity index (χ1) is 9.69. The van der Waals surface area contributed by atoms with Crippen molar-refractivity contribution in [3.63, 3.8) is 0 Å². The first-order valence-corrected chi connectivity index (χ1v) is 7.63. The smallest absolute Gasteiger partial charge is 0.119 e. The molecule has 4 heteroatoms. The van der Waals surface area contributed by atoms with Gasteiger partial charge in [-0.15, -0.1) is 0 Å². The van der Waals surface area contributed by atoms with E-state index >= 15 is 0 Å². The van der Waals surface area contributed by atoms with E-state index < -0.39 is 0 Å². The van der Waals surface area contributed by atoms with E-state index in [4.69, 9.17) is 16.3 Å². The molecule has 2 aromatic rings. The van der Waals surface area contributed by atoms with Crippen molar-refractivity contribution in [1.82, 2.24) is 5.32 Å². The molecule has 0 spiro atoms. The maximum absolute atomic E-state index is 6.15. The Labute approximate surface area is 133 Å². The minimum absolute atomic E-state index is 0.766. The molecule has 0 aromatic heterocycles. The highest BCUT2D eigenvalue weighted by Gasteiger charge is 2.01.